The van der Waals surface area contributed by atoms with Gasteiger partial charge in [0.25, 0.3) is 0 Å². The third-order valence-electron chi connectivity index (χ3n) is 11.0. The van der Waals surface area contributed by atoms with Crippen LogP contribution in [0.1, 0.15) is 100.0 Å². The fourth-order valence-corrected chi connectivity index (χ4v) is 6.84. The summed E-state index contributed by atoms with van der Waals surface area (Å²) in [5.74, 6) is -13.0. The van der Waals surface area contributed by atoms with Gasteiger partial charge in [0.1, 0.15) is 54.1 Å². The van der Waals surface area contributed by atoms with Crippen LogP contribution in [0.25, 0.3) is 0 Å². The predicted octanol–water partition coefficient (Wildman–Crippen LogP) is -3.68. The number of aromatic hydroxyl groups is 1. The van der Waals surface area contributed by atoms with E-state index in [1.165, 1.54) is 32.9 Å². The van der Waals surface area contributed by atoms with Crippen LogP contribution in [0.3, 0.4) is 0 Å². The molecule has 11 amide bonds. The zero-order valence-electron chi connectivity index (χ0n) is 42.1. The standard InChI is InChI=1S/C46H73N11O15/c1-10-23(6)37(44(69)53-31(19-34(48)62)42(67)52-29(15-16-33(47)61)40(65)54-32(46(71)72)17-21(2)3)57-43(68)36(22(4)5)56-45(70)38(25(8)58)55-35(63)20-49-39(64)24(7)50-41(66)30(51-26(9)59)18-27-11-13-28(60)14-12-27/h11-14,21-25,29-32,36-38,58,60H,10,15-20H2,1-9H3,(H2,47,61)(H2,48,62)(H,49,64)(H,50,66)(H,51,59)(H,52,67)(H,53,69)(H,54,65)(H,55,63)(H,56,70)(H,57,68)(H,71,72)/t23-,24-,25+,29-,30-,31-,32-,36-,37-,38-/m0/s1. The number of benzene rings is 1. The summed E-state index contributed by atoms with van der Waals surface area (Å²) in [4.78, 5) is 155. The minimum atomic E-state index is -1.76. The zero-order valence-corrected chi connectivity index (χ0v) is 42.1. The third kappa shape index (κ3) is 22.6. The van der Waals surface area contributed by atoms with Crippen molar-refractivity contribution in [3.05, 3.63) is 29.8 Å². The number of phenols is 1. The number of hydrogen-bond acceptors (Lipinski definition) is 14. The third-order valence-corrected chi connectivity index (χ3v) is 11.0. The van der Waals surface area contributed by atoms with Gasteiger partial charge in [0, 0.05) is 19.8 Å². The maximum absolute atomic E-state index is 13.9. The predicted molar refractivity (Wildman–Crippen MR) is 257 cm³/mol. The monoisotopic (exact) mass is 1020 g/mol. The molecule has 0 fully saturated rings. The highest BCUT2D eigenvalue weighted by Gasteiger charge is 2.37. The number of rotatable bonds is 31. The van der Waals surface area contributed by atoms with Crippen molar-refractivity contribution in [2.75, 3.05) is 6.54 Å². The highest BCUT2D eigenvalue weighted by Crippen LogP contribution is 2.14. The van der Waals surface area contributed by atoms with Crippen molar-refractivity contribution >= 4 is 70.9 Å². The maximum atomic E-state index is 13.9. The lowest BCUT2D eigenvalue weighted by Gasteiger charge is -2.30. The Morgan fingerprint density at radius 3 is 1.60 bits per heavy atom. The van der Waals surface area contributed by atoms with Crippen molar-refractivity contribution in [3.63, 3.8) is 0 Å². The molecule has 402 valence electrons. The van der Waals surface area contributed by atoms with Gasteiger partial charge in [-0.05, 0) is 62.1 Å². The smallest absolute Gasteiger partial charge is 0.326 e. The van der Waals surface area contributed by atoms with Crippen LogP contribution in [0.15, 0.2) is 24.3 Å². The number of carbonyl (C=O) groups excluding carboxylic acids is 11. The molecule has 0 aliphatic carbocycles. The van der Waals surface area contributed by atoms with Gasteiger partial charge in [-0.15, -0.1) is 0 Å². The number of aliphatic hydroxyl groups excluding tert-OH is 1. The summed E-state index contributed by atoms with van der Waals surface area (Å²) in [7, 11) is 0. The van der Waals surface area contributed by atoms with Gasteiger partial charge in [-0.1, -0.05) is 60.1 Å². The molecule has 10 atom stereocenters. The molecule has 0 bridgehead atoms. The Morgan fingerprint density at radius 2 is 1.10 bits per heavy atom. The van der Waals surface area contributed by atoms with Crippen LogP contribution in [0.5, 0.6) is 5.75 Å². The van der Waals surface area contributed by atoms with Gasteiger partial charge in [-0.25, -0.2) is 4.79 Å². The first kappa shape index (κ1) is 62.6. The van der Waals surface area contributed by atoms with Crippen molar-refractivity contribution in [2.45, 2.75) is 155 Å². The summed E-state index contributed by atoms with van der Waals surface area (Å²) in [6.07, 6.45) is -2.90. The molecule has 0 aromatic heterocycles. The molecule has 0 heterocycles. The topological polar surface area (TPSA) is 426 Å². The van der Waals surface area contributed by atoms with E-state index in [0.29, 0.717) is 5.56 Å². The molecular weight excluding hydrogens is 947 g/mol. The highest BCUT2D eigenvalue weighted by atomic mass is 16.4. The number of phenolic OH excluding ortho intramolecular Hbond substituents is 1. The number of aliphatic hydroxyl groups is 1. The van der Waals surface area contributed by atoms with Crippen LogP contribution in [0.4, 0.5) is 0 Å². The van der Waals surface area contributed by atoms with Crippen LogP contribution < -0.4 is 59.3 Å². The van der Waals surface area contributed by atoms with E-state index in [4.69, 9.17) is 11.5 Å². The van der Waals surface area contributed by atoms with Crippen LogP contribution in [-0.4, -0.2) is 147 Å². The van der Waals surface area contributed by atoms with Crippen molar-refractivity contribution in [3.8, 4) is 5.75 Å². The second-order valence-corrected chi connectivity index (χ2v) is 18.3. The minimum absolute atomic E-state index is 0.00865. The molecule has 1 rings (SSSR count). The molecule has 0 radical (unpaired) electrons. The van der Waals surface area contributed by atoms with Gasteiger partial charge >= 0.3 is 5.97 Å². The van der Waals surface area contributed by atoms with Crippen LogP contribution in [0, 0.1) is 17.8 Å². The first-order chi connectivity index (χ1) is 33.5. The molecule has 0 spiro atoms. The minimum Gasteiger partial charge on any atom is -0.508 e. The Hall–Kier alpha value is -7.38. The first-order valence-corrected chi connectivity index (χ1v) is 23.4. The lowest BCUT2D eigenvalue weighted by molar-refractivity contribution is -0.143. The molecule has 1 aromatic carbocycles. The van der Waals surface area contributed by atoms with Gasteiger partial charge in [-0.2, -0.15) is 0 Å². The van der Waals surface area contributed by atoms with Crippen LogP contribution in [-0.2, 0) is 64.0 Å². The number of hydrogen-bond donors (Lipinski definition) is 14. The fraction of sp³-hybridized carbons (Fsp3) is 0.609. The number of aliphatic carboxylic acids is 1. The van der Waals surface area contributed by atoms with E-state index in [1.54, 1.807) is 53.7 Å². The largest absolute Gasteiger partial charge is 0.508 e. The molecule has 72 heavy (non-hydrogen) atoms. The van der Waals surface area contributed by atoms with Gasteiger partial charge in [-0.3, -0.25) is 52.7 Å². The Bertz CT molecular complexity index is 2100. The summed E-state index contributed by atoms with van der Waals surface area (Å²) in [6, 6.07) is -5.70. The number of carbonyl (C=O) groups is 12. The average molecular weight is 1020 g/mol. The maximum Gasteiger partial charge on any atom is 0.326 e. The molecule has 0 saturated carbocycles. The molecule has 0 aliphatic rings. The second-order valence-electron chi connectivity index (χ2n) is 18.3. The van der Waals surface area contributed by atoms with Gasteiger partial charge in [0.2, 0.25) is 65.0 Å². The molecule has 0 unspecified atom stereocenters. The molecular formula is C46H73N11O15. The Morgan fingerprint density at radius 1 is 0.583 bits per heavy atom. The van der Waals surface area contributed by atoms with Crippen molar-refractivity contribution in [1.82, 2.24) is 47.9 Å². The van der Waals surface area contributed by atoms with E-state index in [2.05, 4.69) is 47.9 Å². The first-order valence-electron chi connectivity index (χ1n) is 23.4. The molecule has 1 aromatic rings. The number of nitrogens with two attached hydrogens (primary N) is 2. The Balaban J connectivity index is 3.17. The van der Waals surface area contributed by atoms with E-state index in [-0.39, 0.29) is 30.9 Å². The second kappa shape index (κ2) is 30.4. The summed E-state index contributed by atoms with van der Waals surface area (Å²) in [5, 5.41) is 51.2. The number of carboxylic acid groups (broad SMARTS) is 1. The zero-order chi connectivity index (χ0) is 55.2. The SMILES string of the molecule is CC[C@H](C)[C@H](NC(=O)[C@@H](NC(=O)[C@@H](NC(=O)CNC(=O)[C@H](C)NC(=O)[C@H](Cc1ccc(O)cc1)NC(C)=O)[C@@H](C)O)C(C)C)C(=O)N[C@@H](CC(N)=O)C(=O)N[C@@H](CCC(N)=O)C(=O)N[C@@H](CC(C)C)C(=O)O. The van der Waals surface area contributed by atoms with E-state index in [1.807, 2.05) is 0 Å². The number of primary amides is 2. The summed E-state index contributed by atoms with van der Waals surface area (Å²) >= 11 is 0. The lowest BCUT2D eigenvalue weighted by Crippen LogP contribution is -2.62. The van der Waals surface area contributed by atoms with E-state index in [9.17, 15) is 72.9 Å². The van der Waals surface area contributed by atoms with E-state index < -0.39 is 163 Å². The summed E-state index contributed by atoms with van der Waals surface area (Å²) in [5.41, 5.74) is 11.3. The summed E-state index contributed by atoms with van der Waals surface area (Å²) < 4.78 is 0. The molecule has 0 saturated heterocycles. The Kier molecular flexibility index (Phi) is 26.4. The molecule has 26 nitrogen and oxygen atoms in total. The van der Waals surface area contributed by atoms with E-state index >= 15 is 0 Å². The fourth-order valence-electron chi connectivity index (χ4n) is 6.84. The lowest BCUT2D eigenvalue weighted by atomic mass is 9.95. The van der Waals surface area contributed by atoms with E-state index in [0.717, 1.165) is 0 Å². The van der Waals surface area contributed by atoms with Gasteiger partial charge in [0.05, 0.1) is 19.1 Å². The highest BCUT2D eigenvalue weighted by molar-refractivity contribution is 5.99. The van der Waals surface area contributed by atoms with Gasteiger partial charge in [0.15, 0.2) is 0 Å². The van der Waals surface area contributed by atoms with Crippen molar-refractivity contribution < 1.29 is 72.9 Å². The van der Waals surface area contributed by atoms with Crippen LogP contribution in [0.2, 0.25) is 0 Å². The van der Waals surface area contributed by atoms with Gasteiger partial charge < -0.3 is 74.6 Å². The van der Waals surface area contributed by atoms with Crippen molar-refractivity contribution in [1.29, 1.82) is 0 Å². The number of nitrogens with one attached hydrogen (secondary N) is 9. The molecule has 0 aliphatic heterocycles. The summed E-state index contributed by atoms with van der Waals surface area (Å²) in [6.45, 7) is 12.7. The molecule has 16 N–H and O–H groups in total. The quantitative estimate of drug-likeness (QED) is 0.0341. The van der Waals surface area contributed by atoms with Crippen LogP contribution >= 0.6 is 0 Å². The normalized spacial score (nSPS) is 15.2. The average Bonchev–Trinajstić information content (AvgIpc) is 3.28. The Labute approximate surface area is 417 Å². The molecule has 26 heteroatoms. The number of amides is 11. The van der Waals surface area contributed by atoms with Crippen molar-refractivity contribution in [2.24, 2.45) is 29.2 Å². The number of carboxylic acids is 1.